The Hall–Kier alpha value is -6.62. The number of nitrogens with zero attached hydrogens (tertiary/aromatic N) is 3. The Morgan fingerprint density at radius 3 is 2.25 bits per heavy atom. The van der Waals surface area contributed by atoms with Crippen LogP contribution in [-0.4, -0.2) is 86.4 Å². The summed E-state index contributed by atoms with van der Waals surface area (Å²) in [7, 11) is 0. The number of ether oxygens (including phenoxy) is 1. The molecule has 16 heteroatoms. The number of amides is 4. The van der Waals surface area contributed by atoms with Crippen LogP contribution in [0.15, 0.2) is 102 Å². The van der Waals surface area contributed by atoms with Gasteiger partial charge in [-0.3, -0.25) is 19.2 Å². The minimum absolute atomic E-state index is 0.0520. The number of β-amino-alcohol motifs (C(OH)–C–C–N with tert-alkyl or cyclic N) is 1. The summed E-state index contributed by atoms with van der Waals surface area (Å²) in [6, 6.07) is 23.5. The van der Waals surface area contributed by atoms with E-state index in [-0.39, 0.29) is 30.5 Å². The number of aliphatic hydroxyl groups excluding tert-OH is 1. The van der Waals surface area contributed by atoms with Crippen LogP contribution in [0.1, 0.15) is 67.3 Å². The molecule has 0 saturated carbocycles. The second-order valence-corrected chi connectivity index (χ2v) is 18.4. The van der Waals surface area contributed by atoms with E-state index < -0.39 is 53.8 Å². The van der Waals surface area contributed by atoms with Crippen LogP contribution >= 0.6 is 22.7 Å². The molecule has 4 aromatic carbocycles. The van der Waals surface area contributed by atoms with Gasteiger partial charge in [0.05, 0.1) is 40.0 Å². The van der Waals surface area contributed by atoms with Gasteiger partial charge in [-0.15, -0.1) is 22.7 Å². The van der Waals surface area contributed by atoms with Crippen molar-refractivity contribution in [2.24, 2.45) is 10.5 Å². The fraction of sp³-hybridized carbons (Fsp3) is 0.277. The van der Waals surface area contributed by atoms with Gasteiger partial charge < -0.3 is 35.6 Å². The predicted molar refractivity (Wildman–Crippen MR) is 244 cm³/mol. The van der Waals surface area contributed by atoms with Gasteiger partial charge in [0, 0.05) is 27.9 Å². The number of thiophene rings is 1. The number of aliphatic hydroxyl groups is 1. The lowest BCUT2D eigenvalue weighted by Gasteiger charge is -2.35. The van der Waals surface area contributed by atoms with Crippen LogP contribution in [0.2, 0.25) is 0 Å². The number of benzene rings is 4. The van der Waals surface area contributed by atoms with Gasteiger partial charge in [0.1, 0.15) is 29.3 Å². The first-order chi connectivity index (χ1) is 30.0. The summed E-state index contributed by atoms with van der Waals surface area (Å²) in [5.41, 5.74) is 8.23. The maximum Gasteiger partial charge on any atom is 0.273 e. The average molecular weight is 889 g/mol. The molecule has 7 rings (SSSR count). The average Bonchev–Trinajstić information content (AvgIpc) is 3.98. The number of fused-ring (bicyclic) bond motifs is 1. The van der Waals surface area contributed by atoms with Crippen molar-refractivity contribution in [3.05, 3.63) is 119 Å². The van der Waals surface area contributed by atoms with Crippen molar-refractivity contribution >= 4 is 62.6 Å². The highest BCUT2D eigenvalue weighted by atomic mass is 32.1. The van der Waals surface area contributed by atoms with E-state index in [0.29, 0.717) is 31.8 Å². The van der Waals surface area contributed by atoms with Crippen LogP contribution in [-0.2, 0) is 14.4 Å². The predicted octanol–water partition coefficient (Wildman–Crippen LogP) is 6.92. The zero-order valence-electron chi connectivity index (χ0n) is 35.3. The summed E-state index contributed by atoms with van der Waals surface area (Å²) < 4.78 is 6.46. The summed E-state index contributed by atoms with van der Waals surface area (Å²) in [6.45, 7) is 8.80. The van der Waals surface area contributed by atoms with Gasteiger partial charge in [-0.1, -0.05) is 45.0 Å². The van der Waals surface area contributed by atoms with Gasteiger partial charge in [0.25, 0.3) is 11.8 Å². The number of aryl methyl sites for hydroxylation is 1. The van der Waals surface area contributed by atoms with Crippen LogP contribution < -0.4 is 20.8 Å². The van der Waals surface area contributed by atoms with Crippen molar-refractivity contribution in [1.82, 2.24) is 25.9 Å². The van der Waals surface area contributed by atoms with Crippen molar-refractivity contribution in [2.75, 3.05) is 13.2 Å². The van der Waals surface area contributed by atoms with Crippen molar-refractivity contribution in [3.8, 4) is 38.1 Å². The Morgan fingerprint density at radius 2 is 1.59 bits per heavy atom. The second kappa shape index (κ2) is 18.8. The number of hydrogen-bond donors (Lipinski definition) is 6. The summed E-state index contributed by atoms with van der Waals surface area (Å²) in [5, 5.41) is 41.1. The van der Waals surface area contributed by atoms with Crippen molar-refractivity contribution < 1.29 is 39.2 Å². The molecule has 6 N–H and O–H groups in total. The molecular formula is C47H48N6O8S2. The van der Waals surface area contributed by atoms with Crippen LogP contribution in [0.5, 0.6) is 17.2 Å². The highest BCUT2D eigenvalue weighted by Crippen LogP contribution is 2.40. The molecule has 6 aromatic rings. The lowest BCUT2D eigenvalue weighted by atomic mass is 9.85. The highest BCUT2D eigenvalue weighted by Gasteiger charge is 2.44. The molecule has 1 aliphatic rings. The first-order valence-corrected chi connectivity index (χ1v) is 21.9. The highest BCUT2D eigenvalue weighted by molar-refractivity contribution is 7.22. The Bertz CT molecular complexity index is 2650. The summed E-state index contributed by atoms with van der Waals surface area (Å²) in [5.74, 6) is -1.35. The number of phenolic OH excluding ortho intramolecular Hbond substituents is 2. The second-order valence-electron chi connectivity index (χ2n) is 16.5. The van der Waals surface area contributed by atoms with Crippen LogP contribution in [0.25, 0.3) is 31.0 Å². The number of hydrazone groups is 1. The van der Waals surface area contributed by atoms with Gasteiger partial charge >= 0.3 is 0 Å². The first-order valence-electron chi connectivity index (χ1n) is 20.3. The van der Waals surface area contributed by atoms with Gasteiger partial charge in [-0.2, -0.15) is 5.10 Å². The minimum Gasteiger partial charge on any atom is -0.508 e. The number of thiazole rings is 1. The smallest absolute Gasteiger partial charge is 0.273 e. The Kier molecular flexibility index (Phi) is 13.2. The van der Waals surface area contributed by atoms with E-state index in [4.69, 9.17) is 4.74 Å². The molecule has 0 unspecified atom stereocenters. The van der Waals surface area contributed by atoms with Gasteiger partial charge in [0.15, 0.2) is 6.61 Å². The molecule has 0 bridgehead atoms. The number of aromatic nitrogens is 1. The number of carbonyl (C=O) groups excluding carboxylic acids is 4. The SMILES string of the molecule is Cc1ncsc1-c1ccc([C@H](C)NC(=O)[C@@H]2C[C@@H](O)CN2C(=O)[C@@H](NC(=O)COc2ccc(/C=N/NC(=O)c3c(-c4ccc(O)cc4)sc4cc(O)ccc34)cc2)C(C)(C)C)cc1. The molecule has 0 radical (unpaired) electrons. The third-order valence-electron chi connectivity index (χ3n) is 10.7. The fourth-order valence-corrected chi connectivity index (χ4v) is 9.42. The Morgan fingerprint density at radius 1 is 0.921 bits per heavy atom. The zero-order valence-corrected chi connectivity index (χ0v) is 36.9. The number of aromatic hydroxyl groups is 2. The standard InChI is InChI=1S/C47H48N6O8S2/c1-26(29-8-10-30(11-9-29)41-27(2)48-25-62-41)50-44(58)37-20-34(56)23-53(37)46(60)43(47(3,4)5)51-39(57)24-61-35-17-6-28(7-18-35)22-49-52-45(59)40-36-19-16-33(55)21-38(36)63-42(40)31-12-14-32(54)15-13-31/h6-19,21-22,25-26,34,37,43,54-56H,20,23-24H2,1-5H3,(H,50,58)(H,51,57)(H,52,59)/b49-22+/t26-,34+,37-,43+/m0/s1. The lowest BCUT2D eigenvalue weighted by molar-refractivity contribution is -0.144. The van der Waals surface area contributed by atoms with E-state index in [1.165, 1.54) is 40.7 Å². The molecule has 4 amide bonds. The molecule has 3 heterocycles. The number of carbonyl (C=O) groups is 4. The number of rotatable bonds is 13. The molecule has 2 aromatic heterocycles. The molecule has 326 valence electrons. The molecule has 0 spiro atoms. The van der Waals surface area contributed by atoms with Crippen LogP contribution in [0, 0.1) is 12.3 Å². The number of nitrogens with one attached hydrogen (secondary N) is 3. The van der Waals surface area contributed by atoms with Gasteiger partial charge in [-0.25, -0.2) is 10.4 Å². The molecular weight excluding hydrogens is 841 g/mol. The van der Waals surface area contributed by atoms with Gasteiger partial charge in [-0.05, 0) is 108 Å². The molecule has 4 atom stereocenters. The Labute approximate surface area is 372 Å². The van der Waals surface area contributed by atoms with E-state index in [2.05, 4.69) is 26.1 Å². The molecule has 14 nitrogen and oxygen atoms in total. The maximum absolute atomic E-state index is 14.1. The van der Waals surface area contributed by atoms with Crippen LogP contribution in [0.3, 0.4) is 0 Å². The van der Waals surface area contributed by atoms with Crippen molar-refractivity contribution in [2.45, 2.75) is 65.3 Å². The molecule has 1 saturated heterocycles. The number of hydrogen-bond acceptors (Lipinski definition) is 12. The molecule has 1 fully saturated rings. The van der Waals surface area contributed by atoms with Crippen molar-refractivity contribution in [1.29, 1.82) is 0 Å². The topological polar surface area (TPSA) is 203 Å². The normalized spacial score (nSPS) is 16.2. The third kappa shape index (κ3) is 10.4. The van der Waals surface area contributed by atoms with E-state index in [9.17, 15) is 34.5 Å². The van der Waals surface area contributed by atoms with Crippen LogP contribution in [0.4, 0.5) is 0 Å². The molecule has 63 heavy (non-hydrogen) atoms. The summed E-state index contributed by atoms with van der Waals surface area (Å²) in [4.78, 5) is 61.9. The summed E-state index contributed by atoms with van der Waals surface area (Å²) in [6.07, 6.45) is 0.614. The van der Waals surface area contributed by atoms with E-state index in [1.807, 2.05) is 58.9 Å². The number of likely N-dealkylation sites (tertiary alicyclic amines) is 1. The molecule has 1 aliphatic heterocycles. The monoisotopic (exact) mass is 888 g/mol. The quantitative estimate of drug-likeness (QED) is 0.0526. The first kappa shape index (κ1) is 44.4. The zero-order chi connectivity index (χ0) is 45.0. The number of phenols is 2. The third-order valence-corrected chi connectivity index (χ3v) is 12.9. The maximum atomic E-state index is 14.1. The van der Waals surface area contributed by atoms with Gasteiger partial charge in [0.2, 0.25) is 11.8 Å². The largest absolute Gasteiger partial charge is 0.508 e. The summed E-state index contributed by atoms with van der Waals surface area (Å²) >= 11 is 2.90. The minimum atomic E-state index is -1.03. The lowest BCUT2D eigenvalue weighted by Crippen LogP contribution is -2.58. The van der Waals surface area contributed by atoms with E-state index in [0.717, 1.165) is 27.3 Å². The van der Waals surface area contributed by atoms with Crippen molar-refractivity contribution in [3.63, 3.8) is 0 Å². The Balaban J connectivity index is 0.936. The fourth-order valence-electron chi connectivity index (χ4n) is 7.37. The van der Waals surface area contributed by atoms with E-state index in [1.54, 1.807) is 65.4 Å². The molecule has 0 aliphatic carbocycles. The van der Waals surface area contributed by atoms with E-state index >= 15 is 0 Å².